The molecule has 0 radical (unpaired) electrons. The van der Waals surface area contributed by atoms with Crippen molar-refractivity contribution < 1.29 is 17.6 Å². The van der Waals surface area contributed by atoms with Crippen LogP contribution in [0.1, 0.15) is 13.8 Å². The molecule has 0 aromatic heterocycles. The zero-order valence-electron chi connectivity index (χ0n) is 7.47. The van der Waals surface area contributed by atoms with E-state index in [-0.39, 0.29) is 6.04 Å². The van der Waals surface area contributed by atoms with Crippen molar-refractivity contribution in [1.29, 1.82) is 5.41 Å². The fourth-order valence-electron chi connectivity index (χ4n) is 0.671. The van der Waals surface area contributed by atoms with Crippen molar-refractivity contribution in [3.63, 3.8) is 0 Å². The predicted molar refractivity (Wildman–Crippen MR) is 46.0 cm³/mol. The lowest BCUT2D eigenvalue weighted by molar-refractivity contribution is -0.0875. The molecule has 0 unspecified atom stereocenters. The zero-order chi connectivity index (χ0) is 11.5. The van der Waals surface area contributed by atoms with E-state index in [9.17, 15) is 17.6 Å². The second-order valence-corrected chi connectivity index (χ2v) is 3.18. The minimum Gasteiger partial charge on any atom is -0.373 e. The van der Waals surface area contributed by atoms with E-state index >= 15 is 0 Å². The quantitative estimate of drug-likeness (QED) is 0.438. The smallest absolute Gasteiger partial charge is 0.373 e. The molecule has 0 rings (SSSR count). The van der Waals surface area contributed by atoms with Gasteiger partial charge in [-0.25, -0.2) is 0 Å². The summed E-state index contributed by atoms with van der Waals surface area (Å²) in [7, 11) is 0. The summed E-state index contributed by atoms with van der Waals surface area (Å²) in [4.78, 5) is 0. The highest BCUT2D eigenvalue weighted by molar-refractivity contribution is 6.31. The number of hydrogen-bond acceptors (Lipinski definition) is 2. The van der Waals surface area contributed by atoms with Gasteiger partial charge in [0.15, 0.2) is 0 Å². The van der Waals surface area contributed by atoms with Crippen molar-refractivity contribution in [3.8, 4) is 0 Å². The van der Waals surface area contributed by atoms with Gasteiger partial charge in [-0.05, 0) is 13.8 Å². The minimum absolute atomic E-state index is 0.376. The number of alkyl halides is 3. The van der Waals surface area contributed by atoms with Crippen molar-refractivity contribution in [2.75, 3.05) is 0 Å². The molecule has 0 aromatic carbocycles. The Kier molecular flexibility index (Phi) is 4.38. The van der Waals surface area contributed by atoms with E-state index in [4.69, 9.17) is 17.0 Å². The molecule has 0 fully saturated rings. The summed E-state index contributed by atoms with van der Waals surface area (Å²) in [5.41, 5.74) is -1.78. The Morgan fingerprint density at radius 3 is 2.00 bits per heavy atom. The highest BCUT2D eigenvalue weighted by Crippen LogP contribution is 2.30. The van der Waals surface area contributed by atoms with Gasteiger partial charge in [-0.1, -0.05) is 11.6 Å². The average Bonchev–Trinajstić information content (AvgIpc) is 1.78. The Morgan fingerprint density at radius 1 is 1.36 bits per heavy atom. The molecule has 0 atom stereocenters. The van der Waals surface area contributed by atoms with Crippen LogP contribution in [0, 0.1) is 5.41 Å². The van der Waals surface area contributed by atoms with Crippen LogP contribution in [0.5, 0.6) is 0 Å². The lowest BCUT2D eigenvalue weighted by atomic mass is 10.3. The molecule has 7 heteroatoms. The molecular formula is C7H9ClF4N2. The first kappa shape index (κ1) is 13.2. The lowest BCUT2D eigenvalue weighted by Crippen LogP contribution is -2.27. The van der Waals surface area contributed by atoms with E-state index in [0.29, 0.717) is 0 Å². The molecule has 0 aliphatic heterocycles. The SMILES string of the molecule is CC(C)N/C(Cl)=C(\C(=N)F)C(F)(F)F. The molecule has 0 amide bonds. The number of hydrogen-bond donors (Lipinski definition) is 2. The van der Waals surface area contributed by atoms with Gasteiger partial charge in [0.1, 0.15) is 10.7 Å². The van der Waals surface area contributed by atoms with Gasteiger partial charge >= 0.3 is 6.18 Å². The monoisotopic (exact) mass is 232 g/mol. The lowest BCUT2D eigenvalue weighted by Gasteiger charge is -2.14. The molecule has 0 saturated heterocycles. The number of nitrogens with one attached hydrogen (secondary N) is 2. The van der Waals surface area contributed by atoms with Crippen LogP contribution in [-0.4, -0.2) is 18.2 Å². The topological polar surface area (TPSA) is 35.9 Å². The van der Waals surface area contributed by atoms with Gasteiger partial charge in [0.2, 0.25) is 5.97 Å². The Hall–Kier alpha value is -0.780. The standard InChI is InChI=1S/C7H9ClF4N2/c1-3(2)14-5(8)4(6(9)13)7(10,11)12/h3,13-14H,1-2H3/b5-4+,13-6?. The summed E-state index contributed by atoms with van der Waals surface area (Å²) in [6.07, 6.45) is -4.97. The Morgan fingerprint density at radius 2 is 1.79 bits per heavy atom. The fourth-order valence-corrected chi connectivity index (χ4v) is 1.08. The normalized spacial score (nSPS) is 14.0. The first-order valence-corrected chi connectivity index (χ1v) is 4.02. The van der Waals surface area contributed by atoms with Crippen molar-refractivity contribution in [2.24, 2.45) is 0 Å². The van der Waals surface area contributed by atoms with Crippen molar-refractivity contribution in [1.82, 2.24) is 5.32 Å². The van der Waals surface area contributed by atoms with Crippen LogP contribution in [0.2, 0.25) is 0 Å². The van der Waals surface area contributed by atoms with E-state index in [1.165, 1.54) is 13.8 Å². The van der Waals surface area contributed by atoms with Crippen LogP contribution < -0.4 is 5.32 Å². The first-order chi connectivity index (χ1) is 6.16. The molecule has 0 spiro atoms. The minimum atomic E-state index is -4.97. The van der Waals surface area contributed by atoms with Crippen molar-refractivity contribution >= 4 is 17.6 Å². The molecule has 0 aliphatic rings. The van der Waals surface area contributed by atoms with E-state index < -0.39 is 22.9 Å². The van der Waals surface area contributed by atoms with Crippen molar-refractivity contribution in [2.45, 2.75) is 26.1 Å². The van der Waals surface area contributed by atoms with Gasteiger partial charge in [-0.15, -0.1) is 0 Å². The largest absolute Gasteiger partial charge is 0.423 e. The third-order valence-corrected chi connectivity index (χ3v) is 1.44. The van der Waals surface area contributed by atoms with Gasteiger partial charge < -0.3 is 5.32 Å². The Balaban J connectivity index is 5.07. The Bertz CT molecular complexity index is 257. The van der Waals surface area contributed by atoms with Crippen LogP contribution in [-0.2, 0) is 0 Å². The van der Waals surface area contributed by atoms with Crippen LogP contribution in [0.25, 0.3) is 0 Å². The van der Waals surface area contributed by atoms with E-state index in [1.807, 2.05) is 0 Å². The molecule has 0 aliphatic carbocycles. The molecule has 14 heavy (non-hydrogen) atoms. The molecule has 0 aromatic rings. The van der Waals surface area contributed by atoms with E-state index in [1.54, 1.807) is 0 Å². The van der Waals surface area contributed by atoms with Gasteiger partial charge in [0.25, 0.3) is 0 Å². The molecular weight excluding hydrogens is 224 g/mol. The van der Waals surface area contributed by atoms with Gasteiger partial charge in [0, 0.05) is 6.04 Å². The molecule has 0 saturated carbocycles. The average molecular weight is 233 g/mol. The van der Waals surface area contributed by atoms with E-state index in [0.717, 1.165) is 0 Å². The predicted octanol–water partition coefficient (Wildman–Crippen LogP) is 2.94. The third kappa shape index (κ3) is 3.95. The molecule has 0 heterocycles. The summed E-state index contributed by atoms with van der Waals surface area (Å²) in [5.74, 6) is -2.10. The maximum atomic E-state index is 12.2. The second-order valence-electron chi connectivity index (χ2n) is 2.80. The maximum Gasteiger partial charge on any atom is 0.423 e. The second kappa shape index (κ2) is 4.63. The van der Waals surface area contributed by atoms with Gasteiger partial charge in [0.05, 0.1) is 0 Å². The van der Waals surface area contributed by atoms with E-state index in [2.05, 4.69) is 5.32 Å². The molecule has 2 N–H and O–H groups in total. The highest BCUT2D eigenvalue weighted by Gasteiger charge is 2.40. The van der Waals surface area contributed by atoms with Gasteiger partial charge in [-0.3, -0.25) is 5.41 Å². The molecule has 82 valence electrons. The van der Waals surface area contributed by atoms with Crippen LogP contribution >= 0.6 is 11.6 Å². The molecule has 2 nitrogen and oxygen atoms in total. The number of allylic oxidation sites excluding steroid dienone is 1. The summed E-state index contributed by atoms with van der Waals surface area (Å²) in [6.45, 7) is 3.08. The van der Waals surface area contributed by atoms with Crippen LogP contribution in [0.4, 0.5) is 17.6 Å². The summed E-state index contributed by atoms with van der Waals surface area (Å²) in [5, 5.41) is 7.59. The number of halogens is 5. The van der Waals surface area contributed by atoms with Crippen LogP contribution in [0.3, 0.4) is 0 Å². The summed E-state index contributed by atoms with van der Waals surface area (Å²) < 4.78 is 48.6. The maximum absolute atomic E-state index is 12.2. The Labute approximate surface area is 83.4 Å². The van der Waals surface area contributed by atoms with Crippen molar-refractivity contribution in [3.05, 3.63) is 10.7 Å². The third-order valence-electron chi connectivity index (χ3n) is 1.14. The van der Waals surface area contributed by atoms with Crippen LogP contribution in [0.15, 0.2) is 10.7 Å². The zero-order valence-corrected chi connectivity index (χ0v) is 8.22. The summed E-state index contributed by atoms with van der Waals surface area (Å²) in [6, 6.07) is -0.376. The fraction of sp³-hybridized carbons (Fsp3) is 0.571. The highest BCUT2D eigenvalue weighted by atomic mass is 35.5. The van der Waals surface area contributed by atoms with Gasteiger partial charge in [-0.2, -0.15) is 17.6 Å². The molecule has 0 bridgehead atoms. The first-order valence-electron chi connectivity index (χ1n) is 3.64. The summed E-state index contributed by atoms with van der Waals surface area (Å²) >= 11 is 5.19. The number of rotatable bonds is 3.